The van der Waals surface area contributed by atoms with Gasteiger partial charge in [0, 0.05) is 0 Å². The zero-order chi connectivity index (χ0) is 18.3. The van der Waals surface area contributed by atoms with E-state index in [-0.39, 0.29) is 17.3 Å². The van der Waals surface area contributed by atoms with Gasteiger partial charge in [-0.1, -0.05) is 26.0 Å². The lowest BCUT2D eigenvalue weighted by Crippen LogP contribution is -2.56. The van der Waals surface area contributed by atoms with Gasteiger partial charge in [-0.3, -0.25) is 4.79 Å². The molecule has 0 bridgehead atoms. The number of carboxylic acid groups (broad SMARTS) is 1. The van der Waals surface area contributed by atoms with Crippen molar-refractivity contribution in [2.75, 3.05) is 0 Å². The summed E-state index contributed by atoms with van der Waals surface area (Å²) in [4.78, 5) is 12.0. The van der Waals surface area contributed by atoms with Crippen LogP contribution in [0.5, 0.6) is 0 Å². The fourth-order valence-corrected chi connectivity index (χ4v) is 5.20. The summed E-state index contributed by atoms with van der Waals surface area (Å²) in [7, 11) is 0. The van der Waals surface area contributed by atoms with E-state index >= 15 is 0 Å². The average molecular weight is 336 g/mol. The maximum atomic E-state index is 12.0. The van der Waals surface area contributed by atoms with Gasteiger partial charge in [-0.15, -0.1) is 6.58 Å². The van der Waals surface area contributed by atoms with Gasteiger partial charge < -0.3 is 15.3 Å². The highest BCUT2D eigenvalue weighted by Gasteiger charge is 2.59. The molecule has 136 valence electrons. The van der Waals surface area contributed by atoms with Crippen molar-refractivity contribution < 1.29 is 20.1 Å². The van der Waals surface area contributed by atoms with Gasteiger partial charge in [0.15, 0.2) is 0 Å². The predicted octanol–water partition coefficient (Wildman–Crippen LogP) is 3.54. The van der Waals surface area contributed by atoms with Crippen LogP contribution in [-0.4, -0.2) is 33.0 Å². The molecule has 6 atom stereocenters. The summed E-state index contributed by atoms with van der Waals surface area (Å²) in [5, 5.41) is 30.6. The number of carbonyl (C=O) groups is 1. The van der Waals surface area contributed by atoms with E-state index in [9.17, 15) is 20.1 Å². The number of hydrogen-bond acceptors (Lipinski definition) is 3. The van der Waals surface area contributed by atoms with E-state index in [4.69, 9.17) is 0 Å². The van der Waals surface area contributed by atoms with E-state index in [2.05, 4.69) is 20.1 Å². The number of aliphatic hydroxyl groups excluding tert-OH is 1. The zero-order valence-corrected chi connectivity index (χ0v) is 15.2. The Morgan fingerprint density at radius 1 is 1.42 bits per heavy atom. The molecular formula is C20H32O4. The Bertz CT molecular complexity index is 538. The fraction of sp³-hybridized carbons (Fsp3) is 0.750. The quantitative estimate of drug-likeness (QED) is 0.671. The van der Waals surface area contributed by atoms with Crippen molar-refractivity contribution in [2.45, 2.75) is 71.0 Å². The van der Waals surface area contributed by atoms with Crippen molar-refractivity contribution in [1.29, 1.82) is 0 Å². The van der Waals surface area contributed by atoms with Gasteiger partial charge in [-0.2, -0.15) is 0 Å². The first-order chi connectivity index (χ1) is 11.0. The minimum absolute atomic E-state index is 0.0108. The Morgan fingerprint density at radius 3 is 2.58 bits per heavy atom. The van der Waals surface area contributed by atoms with Crippen LogP contribution in [0.2, 0.25) is 0 Å². The summed E-state index contributed by atoms with van der Waals surface area (Å²) in [5.74, 6) is -0.845. The molecule has 0 aromatic heterocycles. The van der Waals surface area contributed by atoms with Crippen LogP contribution in [0.3, 0.4) is 0 Å². The van der Waals surface area contributed by atoms with E-state index in [0.29, 0.717) is 25.7 Å². The lowest BCUT2D eigenvalue weighted by atomic mass is 9.46. The minimum Gasteiger partial charge on any atom is -0.481 e. The van der Waals surface area contributed by atoms with Gasteiger partial charge in [-0.05, 0) is 68.8 Å². The summed E-state index contributed by atoms with van der Waals surface area (Å²) >= 11 is 0. The van der Waals surface area contributed by atoms with Crippen molar-refractivity contribution in [3.05, 3.63) is 24.8 Å². The maximum Gasteiger partial charge on any atom is 0.309 e. The molecule has 2 aliphatic carbocycles. The molecule has 2 fully saturated rings. The van der Waals surface area contributed by atoms with Gasteiger partial charge in [-0.25, -0.2) is 0 Å². The summed E-state index contributed by atoms with van der Waals surface area (Å²) < 4.78 is 0. The normalized spacial score (nSPS) is 42.0. The molecule has 2 saturated carbocycles. The van der Waals surface area contributed by atoms with Gasteiger partial charge in [0.05, 0.1) is 17.1 Å². The second kappa shape index (κ2) is 6.30. The van der Waals surface area contributed by atoms with Crippen molar-refractivity contribution >= 4 is 5.97 Å². The van der Waals surface area contributed by atoms with E-state index in [0.717, 1.165) is 18.4 Å². The third kappa shape index (κ3) is 3.06. The number of carboxylic acids is 1. The molecule has 0 aromatic rings. The summed E-state index contributed by atoms with van der Waals surface area (Å²) in [6.07, 6.45) is 5.00. The Morgan fingerprint density at radius 2 is 2.04 bits per heavy atom. The average Bonchev–Trinajstić information content (AvgIpc) is 2.49. The lowest BCUT2D eigenvalue weighted by molar-refractivity contribution is -0.167. The number of fused-ring (bicyclic) bond motifs is 1. The molecule has 3 N–H and O–H groups in total. The number of aliphatic hydroxyl groups is 2. The summed E-state index contributed by atoms with van der Waals surface area (Å²) in [6.45, 7) is 13.5. The van der Waals surface area contributed by atoms with Crippen LogP contribution in [0.1, 0.15) is 59.3 Å². The SMILES string of the molecule is C=C[C@](C)(O)CCC1C(=C)[C@H](O)CC2[C@]1(C)CCC[C@]2(C)C(=O)O. The second-order valence-electron chi connectivity index (χ2n) is 8.61. The second-order valence-corrected chi connectivity index (χ2v) is 8.61. The van der Waals surface area contributed by atoms with Crippen LogP contribution in [-0.2, 0) is 4.79 Å². The Kier molecular flexibility index (Phi) is 5.04. The predicted molar refractivity (Wildman–Crippen MR) is 94.5 cm³/mol. The number of rotatable bonds is 5. The largest absolute Gasteiger partial charge is 0.481 e. The molecule has 2 aliphatic rings. The highest BCUT2D eigenvalue weighted by Crippen LogP contribution is 2.62. The van der Waals surface area contributed by atoms with Crippen LogP contribution >= 0.6 is 0 Å². The Labute approximate surface area is 145 Å². The third-order valence-electron chi connectivity index (χ3n) is 6.97. The topological polar surface area (TPSA) is 77.8 Å². The van der Waals surface area contributed by atoms with Crippen molar-refractivity contribution in [1.82, 2.24) is 0 Å². The lowest BCUT2D eigenvalue weighted by Gasteiger charge is -2.58. The van der Waals surface area contributed by atoms with Crippen LogP contribution in [0.15, 0.2) is 24.8 Å². The van der Waals surface area contributed by atoms with Crippen LogP contribution in [0.4, 0.5) is 0 Å². The van der Waals surface area contributed by atoms with Crippen molar-refractivity contribution in [3.63, 3.8) is 0 Å². The smallest absolute Gasteiger partial charge is 0.309 e. The van der Waals surface area contributed by atoms with Gasteiger partial charge in [0.25, 0.3) is 0 Å². The first kappa shape index (κ1) is 19.2. The maximum absolute atomic E-state index is 12.0. The number of aliphatic carboxylic acids is 1. The van der Waals surface area contributed by atoms with Crippen LogP contribution < -0.4 is 0 Å². The molecular weight excluding hydrogens is 304 g/mol. The number of hydrogen-bond donors (Lipinski definition) is 3. The first-order valence-electron chi connectivity index (χ1n) is 8.94. The molecule has 4 heteroatoms. The van der Waals surface area contributed by atoms with Gasteiger partial charge in [0.2, 0.25) is 0 Å². The van der Waals surface area contributed by atoms with Crippen molar-refractivity contribution in [3.8, 4) is 0 Å². The molecule has 2 unspecified atom stereocenters. The molecule has 0 heterocycles. The van der Waals surface area contributed by atoms with E-state index in [1.807, 2.05) is 6.92 Å². The Hall–Kier alpha value is -1.13. The van der Waals surface area contributed by atoms with E-state index in [1.54, 1.807) is 6.92 Å². The van der Waals surface area contributed by atoms with Gasteiger partial charge in [0.1, 0.15) is 0 Å². The van der Waals surface area contributed by atoms with E-state index in [1.165, 1.54) is 6.08 Å². The minimum atomic E-state index is -0.959. The molecule has 4 nitrogen and oxygen atoms in total. The fourth-order valence-electron chi connectivity index (χ4n) is 5.20. The highest BCUT2D eigenvalue weighted by molar-refractivity contribution is 5.75. The van der Waals surface area contributed by atoms with Gasteiger partial charge >= 0.3 is 5.97 Å². The van der Waals surface area contributed by atoms with Crippen LogP contribution in [0.25, 0.3) is 0 Å². The molecule has 0 aromatic carbocycles. The zero-order valence-electron chi connectivity index (χ0n) is 15.2. The molecule has 0 amide bonds. The van der Waals surface area contributed by atoms with Crippen molar-refractivity contribution in [2.24, 2.45) is 22.7 Å². The highest BCUT2D eigenvalue weighted by atomic mass is 16.4. The first-order valence-corrected chi connectivity index (χ1v) is 8.94. The monoisotopic (exact) mass is 336 g/mol. The molecule has 0 spiro atoms. The van der Waals surface area contributed by atoms with Crippen LogP contribution in [0, 0.1) is 22.7 Å². The molecule has 0 radical (unpaired) electrons. The molecule has 0 aliphatic heterocycles. The summed E-state index contributed by atoms with van der Waals surface area (Å²) in [6, 6.07) is 0. The molecule has 24 heavy (non-hydrogen) atoms. The summed E-state index contributed by atoms with van der Waals surface area (Å²) in [5.41, 5.74) is -1.19. The molecule has 2 rings (SSSR count). The third-order valence-corrected chi connectivity index (χ3v) is 6.97. The Balaban J connectivity index is 2.36. The van der Waals surface area contributed by atoms with E-state index < -0.39 is 23.1 Å². The standard InChI is InChI=1S/C20H32O4/c1-6-18(3,24)11-8-14-13(2)15(21)12-16-19(14,4)9-7-10-20(16,5)17(22)23/h6,14-16,21,24H,1-2,7-12H2,3-5H3,(H,22,23)/t14?,15-,16?,18+,19-,20+/m1/s1. The molecule has 0 saturated heterocycles.